The van der Waals surface area contributed by atoms with Gasteiger partial charge in [0.15, 0.2) is 0 Å². The van der Waals surface area contributed by atoms with Gasteiger partial charge in [0.05, 0.1) is 0 Å². The maximum atomic E-state index is 12.2. The lowest BCUT2D eigenvalue weighted by molar-refractivity contribution is -0.126. The molecule has 0 heterocycles. The van der Waals surface area contributed by atoms with Crippen molar-refractivity contribution in [1.82, 2.24) is 0 Å². The minimum Gasteiger partial charge on any atom is -0.299 e. The van der Waals surface area contributed by atoms with E-state index >= 15 is 0 Å². The average Bonchev–Trinajstić information content (AvgIpc) is 2.21. The molecule has 1 unspecified atom stereocenters. The van der Waals surface area contributed by atoms with E-state index in [9.17, 15) is 4.79 Å². The van der Waals surface area contributed by atoms with Gasteiger partial charge in [0, 0.05) is 29.5 Å². The minimum atomic E-state index is -0.234. The number of carbonyl (C=O) groups is 1. The second-order valence-corrected chi connectivity index (χ2v) is 6.58. The number of Topliss-reactive ketones (excluding diaryl/α,β-unsaturated/α-hetero) is 1. The third-order valence-electron chi connectivity index (χ3n) is 3.23. The highest BCUT2D eigenvalue weighted by atomic mass is 16.1. The van der Waals surface area contributed by atoms with Gasteiger partial charge in [0.2, 0.25) is 0 Å². The van der Waals surface area contributed by atoms with E-state index in [1.165, 1.54) is 12.8 Å². The van der Waals surface area contributed by atoms with E-state index < -0.39 is 0 Å². The van der Waals surface area contributed by atoms with Crippen LogP contribution in [0.1, 0.15) is 74.1 Å². The molecule has 0 spiro atoms. The molecule has 0 N–H and O–H groups in total. The van der Waals surface area contributed by atoms with Crippen LogP contribution in [-0.4, -0.2) is 17.5 Å². The van der Waals surface area contributed by atoms with Gasteiger partial charge in [-0.1, -0.05) is 40.5 Å². The predicted molar refractivity (Wildman–Crippen MR) is 80.3 cm³/mol. The Kier molecular flexibility index (Phi) is 7.42. The zero-order valence-electron chi connectivity index (χ0n) is 13.3. The van der Waals surface area contributed by atoms with Gasteiger partial charge in [-0.15, -0.1) is 0 Å². The van der Waals surface area contributed by atoms with Crippen LogP contribution in [0.15, 0.2) is 4.99 Å². The van der Waals surface area contributed by atoms with E-state index in [0.29, 0.717) is 24.2 Å². The summed E-state index contributed by atoms with van der Waals surface area (Å²) in [6.45, 7) is 14.5. The second kappa shape index (κ2) is 7.70. The number of aliphatic imine (C=N–C) groups is 1. The minimum absolute atomic E-state index is 0.234. The molecule has 2 heteroatoms. The van der Waals surface area contributed by atoms with Gasteiger partial charge in [-0.05, 0) is 27.2 Å². The number of rotatable bonds is 7. The van der Waals surface area contributed by atoms with Crippen LogP contribution in [0.3, 0.4) is 0 Å². The lowest BCUT2D eigenvalue weighted by Gasteiger charge is -2.22. The van der Waals surface area contributed by atoms with Crippen LogP contribution in [-0.2, 0) is 4.79 Å². The van der Waals surface area contributed by atoms with Crippen LogP contribution in [0, 0.1) is 11.3 Å². The predicted octanol–water partition coefficient (Wildman–Crippen LogP) is 4.67. The van der Waals surface area contributed by atoms with Crippen LogP contribution in [0.4, 0.5) is 0 Å². The Hall–Kier alpha value is -0.660. The smallest absolute Gasteiger partial charge is 0.138 e. The first kappa shape index (κ1) is 17.3. The van der Waals surface area contributed by atoms with Crippen molar-refractivity contribution < 1.29 is 4.79 Å². The first-order chi connectivity index (χ1) is 8.18. The number of nitrogens with zero attached hydrogens (tertiary/aromatic N) is 1. The molecule has 0 rings (SSSR count). The van der Waals surface area contributed by atoms with Crippen molar-refractivity contribution in [3.63, 3.8) is 0 Å². The van der Waals surface area contributed by atoms with Crippen LogP contribution < -0.4 is 0 Å². The summed E-state index contributed by atoms with van der Waals surface area (Å²) >= 11 is 0. The summed E-state index contributed by atoms with van der Waals surface area (Å²) in [6.07, 6.45) is 4.08. The Morgan fingerprint density at radius 1 is 1.22 bits per heavy atom. The molecule has 0 aromatic carbocycles. The molecule has 0 saturated carbocycles. The summed E-state index contributed by atoms with van der Waals surface area (Å²) in [5.41, 5.74) is 0.916. The number of unbranched alkanes of at least 4 members (excludes halogenated alkanes) is 1. The molecule has 1 atom stereocenters. The van der Waals surface area contributed by atoms with Gasteiger partial charge in [0.1, 0.15) is 5.78 Å². The highest BCUT2D eigenvalue weighted by Crippen LogP contribution is 2.24. The molecule has 0 saturated heterocycles. The summed E-state index contributed by atoms with van der Waals surface area (Å²) in [7, 11) is 0. The van der Waals surface area contributed by atoms with Crippen molar-refractivity contribution >= 4 is 11.5 Å². The molecule has 0 aliphatic heterocycles. The zero-order chi connectivity index (χ0) is 14.3. The number of ketones is 1. The quantitative estimate of drug-likeness (QED) is 0.606. The molecule has 0 aromatic rings. The van der Waals surface area contributed by atoms with Gasteiger partial charge >= 0.3 is 0 Å². The van der Waals surface area contributed by atoms with Gasteiger partial charge in [-0.25, -0.2) is 0 Å². The maximum Gasteiger partial charge on any atom is 0.138 e. The number of hydrogen-bond acceptors (Lipinski definition) is 2. The Morgan fingerprint density at radius 2 is 1.78 bits per heavy atom. The van der Waals surface area contributed by atoms with E-state index in [1.54, 1.807) is 0 Å². The summed E-state index contributed by atoms with van der Waals surface area (Å²) in [6, 6.07) is 0.318. The molecule has 0 aliphatic carbocycles. The normalized spacial score (nSPS) is 15.0. The van der Waals surface area contributed by atoms with E-state index in [-0.39, 0.29) is 5.41 Å². The third-order valence-corrected chi connectivity index (χ3v) is 3.23. The Labute approximate surface area is 113 Å². The standard InChI is InChI=1S/C16H31NO/c1-8-9-10-14(13(4)17-12(2)3)11-15(18)16(5,6)7/h12,14H,8-11H2,1-7H3. The lowest BCUT2D eigenvalue weighted by atomic mass is 9.82. The molecule has 106 valence electrons. The van der Waals surface area contributed by atoms with E-state index in [4.69, 9.17) is 0 Å². The molecule has 18 heavy (non-hydrogen) atoms. The molecule has 0 radical (unpaired) electrons. The number of carbonyl (C=O) groups excluding carboxylic acids is 1. The Morgan fingerprint density at radius 3 is 2.17 bits per heavy atom. The van der Waals surface area contributed by atoms with Crippen LogP contribution in [0.5, 0.6) is 0 Å². The van der Waals surface area contributed by atoms with Gasteiger partial charge in [-0.3, -0.25) is 9.79 Å². The van der Waals surface area contributed by atoms with Crippen molar-refractivity contribution in [1.29, 1.82) is 0 Å². The molecular formula is C16H31NO. The molecule has 0 aromatic heterocycles. The monoisotopic (exact) mass is 253 g/mol. The van der Waals surface area contributed by atoms with E-state index in [2.05, 4.69) is 32.7 Å². The summed E-state index contributed by atoms with van der Waals surface area (Å²) < 4.78 is 0. The third kappa shape index (κ3) is 6.93. The molecule has 0 fully saturated rings. The van der Waals surface area contributed by atoms with Gasteiger partial charge < -0.3 is 0 Å². The van der Waals surface area contributed by atoms with Crippen molar-refractivity contribution in [2.45, 2.75) is 80.2 Å². The zero-order valence-corrected chi connectivity index (χ0v) is 13.3. The van der Waals surface area contributed by atoms with Gasteiger partial charge in [-0.2, -0.15) is 0 Å². The Bertz CT molecular complexity index is 284. The first-order valence-corrected chi connectivity index (χ1v) is 7.26. The van der Waals surface area contributed by atoms with E-state index in [1.807, 2.05) is 20.8 Å². The largest absolute Gasteiger partial charge is 0.299 e. The SMILES string of the molecule is CCCCC(CC(=O)C(C)(C)C)C(C)=NC(C)C. The van der Waals surface area contributed by atoms with Crippen LogP contribution in [0.25, 0.3) is 0 Å². The van der Waals surface area contributed by atoms with Crippen molar-refractivity contribution in [3.05, 3.63) is 0 Å². The first-order valence-electron chi connectivity index (χ1n) is 7.26. The van der Waals surface area contributed by atoms with E-state index in [0.717, 1.165) is 12.1 Å². The van der Waals surface area contributed by atoms with Crippen molar-refractivity contribution in [2.24, 2.45) is 16.3 Å². The fraction of sp³-hybridized carbons (Fsp3) is 0.875. The second-order valence-electron chi connectivity index (χ2n) is 6.58. The Balaban J connectivity index is 4.74. The fourth-order valence-electron chi connectivity index (χ4n) is 1.95. The van der Waals surface area contributed by atoms with Crippen molar-refractivity contribution in [2.75, 3.05) is 0 Å². The maximum absolute atomic E-state index is 12.2. The molecule has 2 nitrogen and oxygen atoms in total. The number of hydrogen-bond donors (Lipinski definition) is 0. The lowest BCUT2D eigenvalue weighted by Crippen LogP contribution is -2.26. The van der Waals surface area contributed by atoms with Crippen LogP contribution in [0.2, 0.25) is 0 Å². The fourth-order valence-corrected chi connectivity index (χ4v) is 1.95. The highest BCUT2D eigenvalue weighted by Gasteiger charge is 2.25. The van der Waals surface area contributed by atoms with Crippen LogP contribution >= 0.6 is 0 Å². The average molecular weight is 253 g/mol. The highest BCUT2D eigenvalue weighted by molar-refractivity contribution is 5.91. The molecule has 0 aliphatic rings. The molecule has 0 bridgehead atoms. The topological polar surface area (TPSA) is 29.4 Å². The summed E-state index contributed by atoms with van der Waals surface area (Å²) in [5.74, 6) is 0.681. The van der Waals surface area contributed by atoms with Gasteiger partial charge in [0.25, 0.3) is 0 Å². The summed E-state index contributed by atoms with van der Waals surface area (Å²) in [4.78, 5) is 16.8. The van der Waals surface area contributed by atoms with Crippen molar-refractivity contribution in [3.8, 4) is 0 Å². The molecular weight excluding hydrogens is 222 g/mol. The molecule has 0 amide bonds. The summed E-state index contributed by atoms with van der Waals surface area (Å²) in [5, 5.41) is 0.